The fraction of sp³-hybridized carbons (Fsp3) is 0.150. The van der Waals surface area contributed by atoms with E-state index >= 15 is 0 Å². The molecule has 112 valence electrons. The highest BCUT2D eigenvalue weighted by molar-refractivity contribution is 5.87. The second kappa shape index (κ2) is 7.41. The van der Waals surface area contributed by atoms with E-state index in [1.54, 1.807) is 6.92 Å². The minimum atomic E-state index is -0.361. The zero-order valence-electron chi connectivity index (χ0n) is 13.0. The molecule has 0 heterocycles. The topological polar surface area (TPSA) is 26.3 Å². The van der Waals surface area contributed by atoms with Crippen LogP contribution in [-0.4, -0.2) is 12.6 Å². The normalized spacial score (nSPS) is 9.91. The molecule has 0 aliphatic carbocycles. The molecule has 0 unspecified atom stereocenters. The number of rotatable bonds is 5. The molecule has 0 aliphatic heterocycles. The van der Waals surface area contributed by atoms with Gasteiger partial charge in [0.2, 0.25) is 0 Å². The van der Waals surface area contributed by atoms with Gasteiger partial charge in [-0.25, -0.2) is 4.79 Å². The van der Waals surface area contributed by atoms with Crippen LogP contribution in [0, 0.1) is 0 Å². The molecule has 0 spiro atoms. The molecule has 0 N–H and O–H groups in total. The Balaban J connectivity index is 2.38. The van der Waals surface area contributed by atoms with Crippen LogP contribution in [0.15, 0.2) is 78.4 Å². The van der Waals surface area contributed by atoms with E-state index in [-0.39, 0.29) is 12.6 Å². The zero-order chi connectivity index (χ0) is 15.9. The molecule has 2 heteroatoms. The van der Waals surface area contributed by atoms with E-state index in [4.69, 9.17) is 4.74 Å². The Morgan fingerprint density at radius 3 is 1.77 bits per heavy atom. The summed E-state index contributed by atoms with van der Waals surface area (Å²) in [6, 6.07) is 20.2. The minimum Gasteiger partial charge on any atom is -0.458 e. The summed E-state index contributed by atoms with van der Waals surface area (Å²) in [5.41, 5.74) is 4.73. The summed E-state index contributed by atoms with van der Waals surface area (Å²) in [5, 5.41) is 0. The van der Waals surface area contributed by atoms with Crippen molar-refractivity contribution in [3.05, 3.63) is 89.5 Å². The number of hydrogen-bond acceptors (Lipinski definition) is 2. The Morgan fingerprint density at radius 2 is 1.36 bits per heavy atom. The van der Waals surface area contributed by atoms with Crippen LogP contribution in [0.25, 0.3) is 5.57 Å². The maximum atomic E-state index is 11.6. The predicted molar refractivity (Wildman–Crippen MR) is 90.4 cm³/mol. The zero-order valence-corrected chi connectivity index (χ0v) is 13.0. The number of benzene rings is 2. The van der Waals surface area contributed by atoms with Crippen molar-refractivity contribution in [2.75, 3.05) is 6.61 Å². The van der Waals surface area contributed by atoms with Gasteiger partial charge in [0.25, 0.3) is 0 Å². The smallest absolute Gasteiger partial charge is 0.333 e. The van der Waals surface area contributed by atoms with Gasteiger partial charge in [0.15, 0.2) is 0 Å². The first-order valence-corrected chi connectivity index (χ1v) is 7.23. The van der Waals surface area contributed by atoms with E-state index in [0.717, 1.165) is 22.3 Å². The maximum absolute atomic E-state index is 11.6. The fourth-order valence-corrected chi connectivity index (χ4v) is 2.24. The van der Waals surface area contributed by atoms with Gasteiger partial charge in [0.1, 0.15) is 6.61 Å². The van der Waals surface area contributed by atoms with Crippen LogP contribution in [-0.2, 0) is 9.53 Å². The van der Waals surface area contributed by atoms with Gasteiger partial charge in [-0.15, -0.1) is 0 Å². The standard InChI is InChI=1S/C20H20O2/c1-15(2)20(21)22-14-16(3)19(17-10-6-4-7-11-17)18-12-8-5-9-13-18/h4-13H,1,14H2,2-3H3. The van der Waals surface area contributed by atoms with Crippen molar-refractivity contribution in [1.29, 1.82) is 0 Å². The van der Waals surface area contributed by atoms with Crippen molar-refractivity contribution in [1.82, 2.24) is 0 Å². The van der Waals surface area contributed by atoms with E-state index in [1.165, 1.54) is 0 Å². The monoisotopic (exact) mass is 292 g/mol. The number of carbonyl (C=O) groups excluding carboxylic acids is 1. The van der Waals surface area contributed by atoms with Gasteiger partial charge in [0, 0.05) is 5.57 Å². The average Bonchev–Trinajstić information content (AvgIpc) is 2.54. The summed E-state index contributed by atoms with van der Waals surface area (Å²) in [6.45, 7) is 7.49. The SMILES string of the molecule is C=C(C)C(=O)OCC(C)=C(c1ccccc1)c1ccccc1. The first kappa shape index (κ1) is 15.8. The molecule has 22 heavy (non-hydrogen) atoms. The molecule has 0 amide bonds. The summed E-state index contributed by atoms with van der Waals surface area (Å²) >= 11 is 0. The number of ether oxygens (including phenoxy) is 1. The molecule has 0 aromatic heterocycles. The molecule has 0 bridgehead atoms. The van der Waals surface area contributed by atoms with E-state index in [9.17, 15) is 4.79 Å². The molecule has 0 fully saturated rings. The molecule has 0 aliphatic rings. The summed E-state index contributed by atoms with van der Waals surface area (Å²) < 4.78 is 5.29. The van der Waals surface area contributed by atoms with Gasteiger partial charge in [-0.3, -0.25) is 0 Å². The highest BCUT2D eigenvalue weighted by Crippen LogP contribution is 2.26. The first-order valence-electron chi connectivity index (χ1n) is 7.23. The van der Waals surface area contributed by atoms with Crippen molar-refractivity contribution in [2.45, 2.75) is 13.8 Å². The van der Waals surface area contributed by atoms with Crippen LogP contribution in [0.5, 0.6) is 0 Å². The number of esters is 1. The van der Waals surface area contributed by atoms with Gasteiger partial charge < -0.3 is 4.74 Å². The van der Waals surface area contributed by atoms with Gasteiger partial charge >= 0.3 is 5.97 Å². The number of carbonyl (C=O) groups is 1. The molecule has 2 aromatic rings. The Morgan fingerprint density at radius 1 is 0.909 bits per heavy atom. The molecule has 0 atom stereocenters. The van der Waals surface area contributed by atoms with E-state index in [1.807, 2.05) is 43.3 Å². The van der Waals surface area contributed by atoms with Gasteiger partial charge in [-0.1, -0.05) is 67.2 Å². The maximum Gasteiger partial charge on any atom is 0.333 e. The third kappa shape index (κ3) is 3.95. The summed E-state index contributed by atoms with van der Waals surface area (Å²) in [5.74, 6) is -0.361. The van der Waals surface area contributed by atoms with Crippen LogP contribution >= 0.6 is 0 Å². The number of hydrogen-bond donors (Lipinski definition) is 0. The minimum absolute atomic E-state index is 0.255. The van der Waals surface area contributed by atoms with Crippen molar-refractivity contribution in [3.8, 4) is 0 Å². The molecule has 0 saturated carbocycles. The third-order valence-electron chi connectivity index (χ3n) is 3.32. The molecular formula is C20H20O2. The summed E-state index contributed by atoms with van der Waals surface area (Å²) in [6.07, 6.45) is 0. The van der Waals surface area contributed by atoms with Crippen molar-refractivity contribution in [2.24, 2.45) is 0 Å². The van der Waals surface area contributed by atoms with Crippen molar-refractivity contribution < 1.29 is 9.53 Å². The van der Waals surface area contributed by atoms with Crippen LogP contribution in [0.2, 0.25) is 0 Å². The lowest BCUT2D eigenvalue weighted by Crippen LogP contribution is -2.08. The van der Waals surface area contributed by atoms with E-state index < -0.39 is 0 Å². The van der Waals surface area contributed by atoms with Gasteiger partial charge in [-0.2, -0.15) is 0 Å². The average molecular weight is 292 g/mol. The quantitative estimate of drug-likeness (QED) is 0.593. The van der Waals surface area contributed by atoms with Gasteiger partial charge in [-0.05, 0) is 36.1 Å². The third-order valence-corrected chi connectivity index (χ3v) is 3.32. The lowest BCUT2D eigenvalue weighted by atomic mass is 9.94. The lowest BCUT2D eigenvalue weighted by Gasteiger charge is -2.14. The largest absolute Gasteiger partial charge is 0.458 e. The highest BCUT2D eigenvalue weighted by Gasteiger charge is 2.11. The Bertz CT molecular complexity index is 641. The molecular weight excluding hydrogens is 272 g/mol. The predicted octanol–water partition coefficient (Wildman–Crippen LogP) is 4.63. The van der Waals surface area contributed by atoms with E-state index in [2.05, 4.69) is 30.8 Å². The summed E-state index contributed by atoms with van der Waals surface area (Å²) in [4.78, 5) is 11.6. The highest BCUT2D eigenvalue weighted by atomic mass is 16.5. The fourth-order valence-electron chi connectivity index (χ4n) is 2.24. The van der Waals surface area contributed by atoms with Gasteiger partial charge in [0.05, 0.1) is 0 Å². The van der Waals surface area contributed by atoms with Crippen molar-refractivity contribution in [3.63, 3.8) is 0 Å². The van der Waals surface area contributed by atoms with Crippen LogP contribution in [0.1, 0.15) is 25.0 Å². The van der Waals surface area contributed by atoms with Crippen molar-refractivity contribution >= 4 is 11.5 Å². The Labute approximate surface area is 131 Å². The van der Waals surface area contributed by atoms with Crippen LogP contribution in [0.4, 0.5) is 0 Å². The van der Waals surface area contributed by atoms with Crippen LogP contribution < -0.4 is 0 Å². The molecule has 2 aromatic carbocycles. The Hall–Kier alpha value is -2.61. The second-order valence-electron chi connectivity index (χ2n) is 5.24. The summed E-state index contributed by atoms with van der Waals surface area (Å²) in [7, 11) is 0. The lowest BCUT2D eigenvalue weighted by molar-refractivity contribution is -0.137. The van der Waals surface area contributed by atoms with E-state index in [0.29, 0.717) is 5.57 Å². The Kier molecular flexibility index (Phi) is 5.31. The molecule has 0 saturated heterocycles. The molecule has 2 nitrogen and oxygen atoms in total. The van der Waals surface area contributed by atoms with Crippen LogP contribution in [0.3, 0.4) is 0 Å². The first-order chi connectivity index (χ1) is 10.6. The second-order valence-corrected chi connectivity index (χ2v) is 5.24. The molecule has 2 rings (SSSR count). The molecule has 0 radical (unpaired) electrons.